The quantitative estimate of drug-likeness (QED) is 0.853. The minimum atomic E-state index is -0.0685. The van der Waals surface area contributed by atoms with Crippen LogP contribution < -0.4 is 4.90 Å². The first kappa shape index (κ1) is 15.1. The number of anilines is 1. The second-order valence-corrected chi connectivity index (χ2v) is 7.50. The van der Waals surface area contributed by atoms with Gasteiger partial charge in [0, 0.05) is 29.5 Å². The summed E-state index contributed by atoms with van der Waals surface area (Å²) in [5.41, 5.74) is 0.990. The zero-order valence-corrected chi connectivity index (χ0v) is 14.0. The van der Waals surface area contributed by atoms with E-state index in [1.54, 1.807) is 28.2 Å². The molecule has 1 aromatic heterocycles. The fourth-order valence-corrected chi connectivity index (χ4v) is 4.68. The van der Waals surface area contributed by atoms with Gasteiger partial charge in [-0.2, -0.15) is 0 Å². The summed E-state index contributed by atoms with van der Waals surface area (Å²) in [6.45, 7) is 5.41. The first-order valence-corrected chi connectivity index (χ1v) is 8.81. The second kappa shape index (κ2) is 6.12. The van der Waals surface area contributed by atoms with Crippen molar-refractivity contribution in [3.63, 3.8) is 0 Å². The monoisotopic (exact) mass is 329 g/mol. The third-order valence-corrected chi connectivity index (χ3v) is 6.03. The number of thiazole rings is 1. The zero-order valence-electron chi connectivity index (χ0n) is 12.4. The van der Waals surface area contributed by atoms with E-state index in [0.717, 1.165) is 11.4 Å². The molecule has 21 heavy (non-hydrogen) atoms. The molecule has 2 aliphatic heterocycles. The van der Waals surface area contributed by atoms with Crippen LogP contribution in [0.2, 0.25) is 0 Å². The van der Waals surface area contributed by atoms with Crippen LogP contribution in [0.25, 0.3) is 0 Å². The molecule has 2 amide bonds. The Morgan fingerprint density at radius 2 is 2.29 bits per heavy atom. The number of urea groups is 1. The summed E-state index contributed by atoms with van der Waals surface area (Å²) in [7, 11) is 1.73. The number of ether oxygens (including phenoxy) is 2. The Morgan fingerprint density at radius 1 is 1.48 bits per heavy atom. The van der Waals surface area contributed by atoms with Crippen LogP contribution in [-0.2, 0) is 15.2 Å². The number of thioether (sulfide) groups is 1. The smallest absolute Gasteiger partial charge is 0.329 e. The molecule has 6 nitrogen and oxygen atoms in total. The van der Waals surface area contributed by atoms with Crippen LogP contribution in [0.5, 0.6) is 0 Å². The molecule has 8 heteroatoms. The highest BCUT2D eigenvalue weighted by atomic mass is 32.2. The Morgan fingerprint density at radius 3 is 3.05 bits per heavy atom. The van der Waals surface area contributed by atoms with E-state index >= 15 is 0 Å². The number of carbonyl (C=O) groups excluding carboxylic acids is 1. The maximum Gasteiger partial charge on any atom is 0.329 e. The lowest BCUT2D eigenvalue weighted by Gasteiger charge is -2.31. The number of nitrogens with zero attached hydrogens (tertiary/aromatic N) is 3. The van der Waals surface area contributed by atoms with Gasteiger partial charge >= 0.3 is 6.03 Å². The zero-order chi connectivity index (χ0) is 15.0. The van der Waals surface area contributed by atoms with E-state index in [4.69, 9.17) is 9.47 Å². The van der Waals surface area contributed by atoms with Gasteiger partial charge in [0.1, 0.15) is 19.6 Å². The lowest BCUT2D eigenvalue weighted by atomic mass is 10.1. The van der Waals surface area contributed by atoms with Crippen LogP contribution in [0.4, 0.5) is 9.93 Å². The van der Waals surface area contributed by atoms with Crippen LogP contribution in [0.3, 0.4) is 0 Å². The van der Waals surface area contributed by atoms with Gasteiger partial charge in [-0.25, -0.2) is 14.7 Å². The summed E-state index contributed by atoms with van der Waals surface area (Å²) in [6.07, 6.45) is 0.00675. The highest BCUT2D eigenvalue weighted by Crippen LogP contribution is 2.43. The molecule has 1 saturated heterocycles. The van der Waals surface area contributed by atoms with Crippen molar-refractivity contribution in [2.45, 2.75) is 31.0 Å². The standard InChI is InChI=1S/C13H19N3O3S2/c1-4-19-11-8(2)20-5-9-10(11)14-12(21-9)16-7-18-6-15(3)13(16)17/h8,11H,4-7H2,1-3H3. The van der Waals surface area contributed by atoms with E-state index < -0.39 is 0 Å². The van der Waals surface area contributed by atoms with Gasteiger partial charge in [0.25, 0.3) is 0 Å². The maximum absolute atomic E-state index is 12.2. The highest BCUT2D eigenvalue weighted by Gasteiger charge is 2.34. The lowest BCUT2D eigenvalue weighted by molar-refractivity contribution is 0.0359. The van der Waals surface area contributed by atoms with E-state index in [9.17, 15) is 4.79 Å². The molecule has 0 radical (unpaired) electrons. The van der Waals surface area contributed by atoms with E-state index in [1.165, 1.54) is 4.88 Å². The van der Waals surface area contributed by atoms with Crippen LogP contribution >= 0.6 is 23.1 Å². The fourth-order valence-electron chi connectivity index (χ4n) is 2.43. The molecular weight excluding hydrogens is 310 g/mol. The highest BCUT2D eigenvalue weighted by molar-refractivity contribution is 7.99. The van der Waals surface area contributed by atoms with Crippen LogP contribution in [-0.4, -0.2) is 48.3 Å². The van der Waals surface area contributed by atoms with Gasteiger partial charge in [0.05, 0.1) is 5.69 Å². The van der Waals surface area contributed by atoms with Crippen molar-refractivity contribution in [1.82, 2.24) is 9.88 Å². The minimum Gasteiger partial charge on any atom is -0.371 e. The molecule has 0 aliphatic carbocycles. The SMILES string of the molecule is CCOC1c2nc(N3COCN(C)C3=O)sc2CSC1C. The maximum atomic E-state index is 12.2. The minimum absolute atomic E-state index is 0.00675. The molecule has 2 unspecified atom stereocenters. The molecule has 0 N–H and O–H groups in total. The lowest BCUT2D eigenvalue weighted by Crippen LogP contribution is -2.48. The van der Waals surface area contributed by atoms with Crippen molar-refractivity contribution in [2.75, 3.05) is 32.0 Å². The van der Waals surface area contributed by atoms with Crippen LogP contribution in [0.1, 0.15) is 30.5 Å². The molecule has 0 spiro atoms. The number of rotatable bonds is 3. The van der Waals surface area contributed by atoms with Gasteiger partial charge < -0.3 is 14.4 Å². The first-order valence-electron chi connectivity index (χ1n) is 6.95. The molecule has 3 heterocycles. The molecule has 1 fully saturated rings. The first-order chi connectivity index (χ1) is 10.1. The van der Waals surface area contributed by atoms with Crippen molar-refractivity contribution >= 4 is 34.3 Å². The number of hydrogen-bond acceptors (Lipinski definition) is 6. The molecule has 0 saturated carbocycles. The number of fused-ring (bicyclic) bond motifs is 1. The fraction of sp³-hybridized carbons (Fsp3) is 0.692. The predicted molar refractivity (Wildman–Crippen MR) is 83.7 cm³/mol. The van der Waals surface area contributed by atoms with Crippen molar-refractivity contribution in [2.24, 2.45) is 0 Å². The Kier molecular flexibility index (Phi) is 4.39. The Labute approximate surface area is 132 Å². The predicted octanol–water partition coefficient (Wildman–Crippen LogP) is 2.66. The Bertz CT molecular complexity index is 537. The van der Waals surface area contributed by atoms with Gasteiger partial charge in [0.2, 0.25) is 0 Å². The summed E-state index contributed by atoms with van der Waals surface area (Å²) >= 11 is 3.44. The molecule has 3 rings (SSSR count). The van der Waals surface area contributed by atoms with Gasteiger partial charge in [-0.05, 0) is 6.92 Å². The van der Waals surface area contributed by atoms with Crippen molar-refractivity contribution < 1.29 is 14.3 Å². The molecule has 2 aliphatic rings. The van der Waals surface area contributed by atoms with E-state index in [0.29, 0.717) is 23.7 Å². The van der Waals surface area contributed by atoms with Gasteiger partial charge in [-0.3, -0.25) is 0 Å². The summed E-state index contributed by atoms with van der Waals surface area (Å²) in [6, 6.07) is -0.0685. The average molecular weight is 329 g/mol. The topological polar surface area (TPSA) is 54.9 Å². The molecule has 116 valence electrons. The van der Waals surface area contributed by atoms with E-state index in [-0.39, 0.29) is 18.9 Å². The van der Waals surface area contributed by atoms with Crippen molar-refractivity contribution in [1.29, 1.82) is 0 Å². The average Bonchev–Trinajstić information content (AvgIpc) is 2.89. The molecule has 1 aromatic rings. The molecular formula is C13H19N3O3S2. The van der Waals surface area contributed by atoms with E-state index in [1.807, 2.05) is 18.7 Å². The van der Waals surface area contributed by atoms with Crippen LogP contribution in [0, 0.1) is 0 Å². The summed E-state index contributed by atoms with van der Waals surface area (Å²) in [4.78, 5) is 21.2. The Balaban J connectivity index is 1.89. The summed E-state index contributed by atoms with van der Waals surface area (Å²) in [5, 5.41) is 1.08. The second-order valence-electron chi connectivity index (χ2n) is 5.07. The normalized spacial score (nSPS) is 26.1. The number of aromatic nitrogens is 1. The Hall–Kier alpha value is -0.830. The summed E-state index contributed by atoms with van der Waals surface area (Å²) in [5.74, 6) is 0.927. The number of amides is 2. The van der Waals surface area contributed by atoms with Gasteiger partial charge in [-0.1, -0.05) is 6.92 Å². The van der Waals surface area contributed by atoms with Crippen LogP contribution in [0.15, 0.2) is 0 Å². The van der Waals surface area contributed by atoms with E-state index in [2.05, 4.69) is 11.9 Å². The number of hydrogen-bond donors (Lipinski definition) is 0. The molecule has 0 aromatic carbocycles. The van der Waals surface area contributed by atoms with Crippen molar-refractivity contribution in [3.8, 4) is 0 Å². The van der Waals surface area contributed by atoms with Crippen molar-refractivity contribution in [3.05, 3.63) is 10.6 Å². The summed E-state index contributed by atoms with van der Waals surface area (Å²) < 4.78 is 11.3. The molecule has 2 atom stereocenters. The molecule has 0 bridgehead atoms. The third kappa shape index (κ3) is 2.77. The third-order valence-electron chi connectivity index (χ3n) is 3.53. The number of carbonyl (C=O) groups is 1. The van der Waals surface area contributed by atoms with Gasteiger partial charge in [-0.15, -0.1) is 23.1 Å². The van der Waals surface area contributed by atoms with Gasteiger partial charge in [0.15, 0.2) is 5.13 Å². The largest absolute Gasteiger partial charge is 0.371 e.